The smallest absolute Gasteiger partial charge is 0.337 e. The second kappa shape index (κ2) is 9.50. The van der Waals surface area contributed by atoms with Crippen molar-refractivity contribution in [2.75, 3.05) is 26.0 Å². The lowest BCUT2D eigenvalue weighted by molar-refractivity contribution is -0.125. The number of hydrogen-bond acceptors (Lipinski definition) is 4. The minimum absolute atomic E-state index is 0.197. The number of likely N-dealkylation sites (N-methyl/N-ethyl adjacent to an activating group) is 1. The highest BCUT2D eigenvalue weighted by atomic mass is 16.5. The summed E-state index contributed by atoms with van der Waals surface area (Å²) in [5.41, 5.74) is 1.25. The van der Waals surface area contributed by atoms with Crippen LogP contribution >= 0.6 is 0 Å². The van der Waals surface area contributed by atoms with E-state index in [2.05, 4.69) is 17.0 Å². The number of unbranched alkanes of at least 4 members (excludes halogenated alkanes) is 1. The Labute approximate surface area is 142 Å². The average Bonchev–Trinajstić information content (AvgIpc) is 2.59. The first-order valence-electron chi connectivity index (χ1n) is 7.82. The number of benzene rings is 1. The van der Waals surface area contributed by atoms with Gasteiger partial charge in [-0.3, -0.25) is 9.59 Å². The first kappa shape index (κ1) is 19.4. The molecule has 24 heavy (non-hydrogen) atoms. The van der Waals surface area contributed by atoms with Crippen LogP contribution in [0.25, 0.3) is 0 Å². The van der Waals surface area contributed by atoms with Gasteiger partial charge in [-0.2, -0.15) is 0 Å². The van der Waals surface area contributed by atoms with Gasteiger partial charge in [0.05, 0.1) is 12.7 Å². The van der Waals surface area contributed by atoms with Crippen LogP contribution in [0, 0.1) is 0 Å². The largest absolute Gasteiger partial charge is 0.465 e. The highest BCUT2D eigenvalue weighted by Crippen LogP contribution is 2.12. The molecule has 0 fully saturated rings. The lowest BCUT2D eigenvalue weighted by atomic mass is 10.2. The summed E-state index contributed by atoms with van der Waals surface area (Å²) in [6.45, 7) is 4.30. The van der Waals surface area contributed by atoms with Crippen molar-refractivity contribution in [3.63, 3.8) is 0 Å². The van der Waals surface area contributed by atoms with Crippen molar-refractivity contribution in [2.45, 2.75) is 26.7 Å². The standard InChI is InChI=1S/C18H24N2O4/c1-5-6-11-20(3)16(21)12-13(2)17(22)19-15-9-7-14(8-10-15)18(23)24-4/h7-10,12H,5-6,11H2,1-4H3,(H,19,22)/b13-12+. The SMILES string of the molecule is CCCCN(C)C(=O)/C=C(\C)C(=O)Nc1ccc(C(=O)OC)cc1. The maximum Gasteiger partial charge on any atom is 0.337 e. The molecule has 0 radical (unpaired) electrons. The lowest BCUT2D eigenvalue weighted by Gasteiger charge is -2.14. The molecule has 0 unspecified atom stereocenters. The molecule has 1 rings (SSSR count). The summed E-state index contributed by atoms with van der Waals surface area (Å²) in [7, 11) is 3.02. The molecule has 130 valence electrons. The second-order valence-electron chi connectivity index (χ2n) is 5.46. The Kier molecular flexibility index (Phi) is 7.68. The van der Waals surface area contributed by atoms with Crippen LogP contribution in [0.3, 0.4) is 0 Å². The number of amides is 2. The molecule has 0 saturated heterocycles. The summed E-state index contributed by atoms with van der Waals surface area (Å²) in [5.74, 6) is -1.00. The summed E-state index contributed by atoms with van der Waals surface area (Å²) in [6.07, 6.45) is 3.25. The van der Waals surface area contributed by atoms with Crippen molar-refractivity contribution >= 4 is 23.5 Å². The van der Waals surface area contributed by atoms with E-state index in [0.717, 1.165) is 12.8 Å². The molecular formula is C18H24N2O4. The van der Waals surface area contributed by atoms with Gasteiger partial charge in [-0.25, -0.2) is 4.79 Å². The summed E-state index contributed by atoms with van der Waals surface area (Å²) in [5, 5.41) is 2.68. The zero-order valence-corrected chi connectivity index (χ0v) is 14.6. The molecule has 2 amide bonds. The maximum atomic E-state index is 12.1. The summed E-state index contributed by atoms with van der Waals surface area (Å²) in [4.78, 5) is 37.0. The molecule has 6 heteroatoms. The van der Waals surface area contributed by atoms with Gasteiger partial charge in [-0.05, 0) is 37.6 Å². The molecule has 0 aliphatic heterocycles. The van der Waals surface area contributed by atoms with Crippen LogP contribution in [-0.2, 0) is 14.3 Å². The van der Waals surface area contributed by atoms with Crippen molar-refractivity contribution in [3.8, 4) is 0 Å². The minimum atomic E-state index is -0.440. The molecule has 0 heterocycles. The highest BCUT2D eigenvalue weighted by molar-refractivity contribution is 6.07. The zero-order valence-electron chi connectivity index (χ0n) is 14.6. The van der Waals surface area contributed by atoms with E-state index in [-0.39, 0.29) is 11.8 Å². The summed E-state index contributed by atoms with van der Waals surface area (Å²) in [6, 6.07) is 6.33. The first-order valence-corrected chi connectivity index (χ1v) is 7.82. The third-order valence-corrected chi connectivity index (χ3v) is 3.49. The van der Waals surface area contributed by atoms with E-state index >= 15 is 0 Å². The van der Waals surface area contributed by atoms with Crippen molar-refractivity contribution in [3.05, 3.63) is 41.5 Å². The predicted molar refractivity (Wildman–Crippen MR) is 92.7 cm³/mol. The molecule has 1 aromatic carbocycles. The van der Waals surface area contributed by atoms with Gasteiger partial charge < -0.3 is 15.0 Å². The number of methoxy groups -OCH3 is 1. The minimum Gasteiger partial charge on any atom is -0.465 e. The van der Waals surface area contributed by atoms with Gasteiger partial charge in [-0.1, -0.05) is 13.3 Å². The summed E-state index contributed by atoms with van der Waals surface area (Å²) < 4.78 is 4.61. The Balaban J connectivity index is 2.67. The number of nitrogens with one attached hydrogen (secondary N) is 1. The van der Waals surface area contributed by atoms with E-state index in [0.29, 0.717) is 23.4 Å². The lowest BCUT2D eigenvalue weighted by Crippen LogP contribution is -2.27. The monoisotopic (exact) mass is 332 g/mol. The molecule has 0 aliphatic rings. The van der Waals surface area contributed by atoms with Crippen molar-refractivity contribution in [1.82, 2.24) is 4.90 Å². The second-order valence-corrected chi connectivity index (χ2v) is 5.46. The Morgan fingerprint density at radius 2 is 1.83 bits per heavy atom. The van der Waals surface area contributed by atoms with Crippen molar-refractivity contribution in [2.24, 2.45) is 0 Å². The van der Waals surface area contributed by atoms with Gasteiger partial charge in [0.2, 0.25) is 5.91 Å². The third-order valence-electron chi connectivity index (χ3n) is 3.49. The van der Waals surface area contributed by atoms with Crippen molar-refractivity contribution in [1.29, 1.82) is 0 Å². The van der Waals surface area contributed by atoms with E-state index in [4.69, 9.17) is 0 Å². The number of ether oxygens (including phenoxy) is 1. The van der Waals surface area contributed by atoms with Crippen LogP contribution in [0.5, 0.6) is 0 Å². The van der Waals surface area contributed by atoms with E-state index in [1.807, 2.05) is 0 Å². The van der Waals surface area contributed by atoms with E-state index in [1.54, 1.807) is 43.1 Å². The van der Waals surface area contributed by atoms with Gasteiger partial charge in [-0.15, -0.1) is 0 Å². The quantitative estimate of drug-likeness (QED) is 0.615. The van der Waals surface area contributed by atoms with E-state index < -0.39 is 5.97 Å². The Bertz CT molecular complexity index is 620. The predicted octanol–water partition coefficient (Wildman–Crippen LogP) is 2.62. The first-order chi connectivity index (χ1) is 11.4. The molecule has 6 nitrogen and oxygen atoms in total. The number of esters is 1. The normalized spacial score (nSPS) is 10.9. The van der Waals surface area contributed by atoms with Crippen LogP contribution < -0.4 is 5.32 Å². The maximum absolute atomic E-state index is 12.1. The fourth-order valence-corrected chi connectivity index (χ4v) is 1.90. The molecule has 1 aromatic rings. The van der Waals surface area contributed by atoms with Crippen LogP contribution in [0.4, 0.5) is 5.69 Å². The number of anilines is 1. The van der Waals surface area contributed by atoms with Crippen LogP contribution in [-0.4, -0.2) is 43.4 Å². The Morgan fingerprint density at radius 3 is 2.38 bits per heavy atom. The molecular weight excluding hydrogens is 308 g/mol. The summed E-state index contributed by atoms with van der Waals surface area (Å²) >= 11 is 0. The number of carbonyl (C=O) groups is 3. The Hall–Kier alpha value is -2.63. The molecule has 1 N–H and O–H groups in total. The fraction of sp³-hybridized carbons (Fsp3) is 0.389. The highest BCUT2D eigenvalue weighted by Gasteiger charge is 2.11. The number of carbonyl (C=O) groups excluding carboxylic acids is 3. The molecule has 0 aromatic heterocycles. The topological polar surface area (TPSA) is 75.7 Å². The van der Waals surface area contributed by atoms with E-state index in [1.165, 1.54) is 13.2 Å². The fourth-order valence-electron chi connectivity index (χ4n) is 1.90. The zero-order chi connectivity index (χ0) is 18.1. The van der Waals surface area contributed by atoms with E-state index in [9.17, 15) is 14.4 Å². The number of hydrogen-bond donors (Lipinski definition) is 1. The average molecular weight is 332 g/mol. The molecule has 0 aliphatic carbocycles. The van der Waals surface area contributed by atoms with Gasteiger partial charge in [0.15, 0.2) is 0 Å². The third kappa shape index (κ3) is 5.87. The number of nitrogens with zero attached hydrogens (tertiary/aromatic N) is 1. The van der Waals surface area contributed by atoms with Crippen LogP contribution in [0.15, 0.2) is 35.9 Å². The molecule has 0 saturated carbocycles. The number of rotatable bonds is 7. The molecule has 0 spiro atoms. The van der Waals surface area contributed by atoms with Gasteiger partial charge in [0.25, 0.3) is 5.91 Å². The Morgan fingerprint density at radius 1 is 1.21 bits per heavy atom. The van der Waals surface area contributed by atoms with Crippen molar-refractivity contribution < 1.29 is 19.1 Å². The molecule has 0 bridgehead atoms. The molecule has 0 atom stereocenters. The van der Waals surface area contributed by atoms with Gasteiger partial charge in [0.1, 0.15) is 0 Å². The van der Waals surface area contributed by atoms with Gasteiger partial charge >= 0.3 is 5.97 Å². The van der Waals surface area contributed by atoms with Crippen LogP contribution in [0.2, 0.25) is 0 Å². The van der Waals surface area contributed by atoms with Crippen LogP contribution in [0.1, 0.15) is 37.0 Å². The van der Waals surface area contributed by atoms with Gasteiger partial charge in [0, 0.05) is 30.9 Å².